The fraction of sp³-hybridized carbons (Fsp3) is 0.360. The molecule has 0 unspecified atom stereocenters. The zero-order valence-corrected chi connectivity index (χ0v) is 18.0. The van der Waals surface area contributed by atoms with Gasteiger partial charge in [0.15, 0.2) is 0 Å². The van der Waals surface area contributed by atoms with Crippen LogP contribution in [0.5, 0.6) is 0 Å². The summed E-state index contributed by atoms with van der Waals surface area (Å²) in [4.78, 5) is 32.8. The van der Waals surface area contributed by atoms with Crippen LogP contribution in [-0.4, -0.2) is 59.3 Å². The Balaban J connectivity index is 1.18. The predicted octanol–water partition coefficient (Wildman–Crippen LogP) is 3.58. The molecule has 2 aliphatic rings. The number of piperazine rings is 1. The molecule has 2 N–H and O–H groups in total. The van der Waals surface area contributed by atoms with Crippen LogP contribution >= 0.6 is 0 Å². The normalized spacial score (nSPS) is 16.7. The number of aromatic amines is 1. The standard InChI is InChI=1S/C25H27FN4O2/c26-18-6-8-19(9-7-18)27-24(31)16-29-11-13-30(14-12-29)25(32)17-5-10-23-21(15-17)20-3-1-2-4-22(20)28-23/h5-10,15,28H,1-4,11-14,16H2,(H,27,31). The average Bonchev–Trinajstić information content (AvgIpc) is 3.18. The number of halogens is 1. The largest absolute Gasteiger partial charge is 0.358 e. The van der Waals surface area contributed by atoms with Gasteiger partial charge in [-0.05, 0) is 73.7 Å². The van der Waals surface area contributed by atoms with E-state index >= 15 is 0 Å². The maximum atomic E-state index is 13.1. The molecule has 2 amide bonds. The van der Waals surface area contributed by atoms with Crippen LogP contribution in [0.2, 0.25) is 0 Å². The molecule has 166 valence electrons. The van der Waals surface area contributed by atoms with Crippen molar-refractivity contribution in [3.05, 3.63) is 65.1 Å². The molecule has 1 fully saturated rings. The molecule has 1 aliphatic carbocycles. The minimum absolute atomic E-state index is 0.0491. The third kappa shape index (κ3) is 4.25. The van der Waals surface area contributed by atoms with E-state index in [1.165, 1.54) is 41.6 Å². The van der Waals surface area contributed by atoms with Crippen molar-refractivity contribution in [3.8, 4) is 0 Å². The summed E-state index contributed by atoms with van der Waals surface area (Å²) >= 11 is 0. The van der Waals surface area contributed by atoms with Crippen LogP contribution in [0.3, 0.4) is 0 Å². The number of hydrogen-bond donors (Lipinski definition) is 2. The van der Waals surface area contributed by atoms with Gasteiger partial charge in [-0.3, -0.25) is 14.5 Å². The number of carbonyl (C=O) groups is 2. The van der Waals surface area contributed by atoms with Crippen LogP contribution in [0, 0.1) is 5.82 Å². The summed E-state index contributed by atoms with van der Waals surface area (Å²) in [6.07, 6.45) is 4.59. The van der Waals surface area contributed by atoms with E-state index in [4.69, 9.17) is 0 Å². The van der Waals surface area contributed by atoms with E-state index in [-0.39, 0.29) is 24.2 Å². The van der Waals surface area contributed by atoms with Gasteiger partial charge >= 0.3 is 0 Å². The first kappa shape index (κ1) is 20.7. The number of nitrogens with zero attached hydrogens (tertiary/aromatic N) is 2. The molecule has 0 saturated carbocycles. The molecule has 0 radical (unpaired) electrons. The fourth-order valence-electron chi connectivity index (χ4n) is 4.77. The Labute approximate surface area is 186 Å². The smallest absolute Gasteiger partial charge is 0.253 e. The van der Waals surface area contributed by atoms with Gasteiger partial charge in [0.25, 0.3) is 5.91 Å². The van der Waals surface area contributed by atoms with Crippen LogP contribution in [0.1, 0.15) is 34.5 Å². The van der Waals surface area contributed by atoms with Crippen LogP contribution < -0.4 is 5.32 Å². The van der Waals surface area contributed by atoms with E-state index in [0.29, 0.717) is 31.9 Å². The Morgan fingerprint density at radius 1 is 0.969 bits per heavy atom. The lowest BCUT2D eigenvalue weighted by atomic mass is 9.95. The molecular formula is C25H27FN4O2. The maximum Gasteiger partial charge on any atom is 0.253 e. The van der Waals surface area contributed by atoms with Crippen LogP contribution in [0.25, 0.3) is 10.9 Å². The first-order chi connectivity index (χ1) is 15.6. The van der Waals surface area contributed by atoms with Crippen molar-refractivity contribution in [1.29, 1.82) is 0 Å². The van der Waals surface area contributed by atoms with Crippen LogP contribution in [-0.2, 0) is 17.6 Å². The van der Waals surface area contributed by atoms with Crippen molar-refractivity contribution in [2.45, 2.75) is 25.7 Å². The number of aromatic nitrogens is 1. The van der Waals surface area contributed by atoms with Gasteiger partial charge in [0, 0.05) is 54.0 Å². The van der Waals surface area contributed by atoms with Crippen LogP contribution in [0.15, 0.2) is 42.5 Å². The zero-order chi connectivity index (χ0) is 22.1. The molecule has 5 rings (SSSR count). The van der Waals surface area contributed by atoms with Crippen molar-refractivity contribution in [2.75, 3.05) is 38.0 Å². The second-order valence-electron chi connectivity index (χ2n) is 8.67. The minimum Gasteiger partial charge on any atom is -0.358 e. The summed E-state index contributed by atoms with van der Waals surface area (Å²) in [5, 5.41) is 3.97. The summed E-state index contributed by atoms with van der Waals surface area (Å²) in [7, 11) is 0. The molecule has 3 aromatic rings. The lowest BCUT2D eigenvalue weighted by Gasteiger charge is -2.34. The van der Waals surface area contributed by atoms with E-state index < -0.39 is 0 Å². The summed E-state index contributed by atoms with van der Waals surface area (Å²) in [6.45, 7) is 2.72. The lowest BCUT2D eigenvalue weighted by molar-refractivity contribution is -0.117. The number of anilines is 1. The highest BCUT2D eigenvalue weighted by atomic mass is 19.1. The Kier molecular flexibility index (Phi) is 5.66. The Morgan fingerprint density at radius 3 is 2.50 bits per heavy atom. The number of aryl methyl sites for hydroxylation is 2. The number of rotatable bonds is 4. The second kappa shape index (κ2) is 8.74. The molecule has 0 spiro atoms. The molecule has 7 heteroatoms. The average molecular weight is 435 g/mol. The highest BCUT2D eigenvalue weighted by Crippen LogP contribution is 2.30. The highest BCUT2D eigenvalue weighted by molar-refractivity contribution is 5.99. The van der Waals surface area contributed by atoms with Crippen LogP contribution in [0.4, 0.5) is 10.1 Å². The maximum absolute atomic E-state index is 13.1. The van der Waals surface area contributed by atoms with E-state index in [1.807, 2.05) is 28.0 Å². The van der Waals surface area contributed by atoms with E-state index in [0.717, 1.165) is 23.9 Å². The van der Waals surface area contributed by atoms with Crippen molar-refractivity contribution < 1.29 is 14.0 Å². The minimum atomic E-state index is -0.334. The topological polar surface area (TPSA) is 68.4 Å². The summed E-state index contributed by atoms with van der Waals surface area (Å²) in [5.74, 6) is -0.425. The van der Waals surface area contributed by atoms with Crippen molar-refractivity contribution in [3.63, 3.8) is 0 Å². The quantitative estimate of drug-likeness (QED) is 0.660. The van der Waals surface area contributed by atoms with Gasteiger partial charge in [-0.25, -0.2) is 4.39 Å². The summed E-state index contributed by atoms with van der Waals surface area (Å²) in [5.41, 5.74) is 5.12. The number of amides is 2. The number of benzene rings is 2. The predicted molar refractivity (Wildman–Crippen MR) is 122 cm³/mol. The fourth-order valence-corrected chi connectivity index (χ4v) is 4.77. The van der Waals surface area contributed by atoms with Gasteiger partial charge in [-0.15, -0.1) is 0 Å². The lowest BCUT2D eigenvalue weighted by Crippen LogP contribution is -2.50. The van der Waals surface area contributed by atoms with Crippen molar-refractivity contribution >= 4 is 28.4 Å². The Hall–Kier alpha value is -3.19. The third-order valence-corrected chi connectivity index (χ3v) is 6.50. The van der Waals surface area contributed by atoms with Gasteiger partial charge in [0.2, 0.25) is 5.91 Å². The zero-order valence-electron chi connectivity index (χ0n) is 18.0. The monoisotopic (exact) mass is 434 g/mol. The van der Waals surface area contributed by atoms with Crippen molar-refractivity contribution in [1.82, 2.24) is 14.8 Å². The first-order valence-corrected chi connectivity index (χ1v) is 11.3. The highest BCUT2D eigenvalue weighted by Gasteiger charge is 2.24. The molecule has 1 saturated heterocycles. The Morgan fingerprint density at radius 2 is 1.72 bits per heavy atom. The number of carbonyl (C=O) groups excluding carboxylic acids is 2. The first-order valence-electron chi connectivity index (χ1n) is 11.3. The molecule has 0 atom stereocenters. The van der Waals surface area contributed by atoms with E-state index in [9.17, 15) is 14.0 Å². The molecular weight excluding hydrogens is 407 g/mol. The van der Waals surface area contributed by atoms with Crippen molar-refractivity contribution in [2.24, 2.45) is 0 Å². The molecule has 0 bridgehead atoms. The third-order valence-electron chi connectivity index (χ3n) is 6.50. The van der Waals surface area contributed by atoms with Gasteiger partial charge < -0.3 is 15.2 Å². The van der Waals surface area contributed by atoms with Gasteiger partial charge in [-0.1, -0.05) is 0 Å². The molecule has 32 heavy (non-hydrogen) atoms. The Bertz CT molecular complexity index is 1150. The number of nitrogens with one attached hydrogen (secondary N) is 2. The number of hydrogen-bond acceptors (Lipinski definition) is 3. The molecule has 2 aromatic carbocycles. The van der Waals surface area contributed by atoms with E-state index in [2.05, 4.69) is 10.3 Å². The van der Waals surface area contributed by atoms with Gasteiger partial charge in [-0.2, -0.15) is 0 Å². The molecule has 6 nitrogen and oxygen atoms in total. The molecule has 1 aromatic heterocycles. The number of fused-ring (bicyclic) bond motifs is 3. The van der Waals surface area contributed by atoms with Gasteiger partial charge in [0.05, 0.1) is 6.54 Å². The molecule has 2 heterocycles. The van der Waals surface area contributed by atoms with E-state index in [1.54, 1.807) is 12.1 Å². The van der Waals surface area contributed by atoms with Gasteiger partial charge in [0.1, 0.15) is 5.82 Å². The summed E-state index contributed by atoms with van der Waals surface area (Å²) in [6, 6.07) is 11.7. The number of H-pyrrole nitrogens is 1. The molecule has 1 aliphatic heterocycles. The SMILES string of the molecule is O=C(CN1CCN(C(=O)c2ccc3[nH]c4c(c3c2)CCCC4)CC1)Nc1ccc(F)cc1. The second-order valence-corrected chi connectivity index (χ2v) is 8.67. The summed E-state index contributed by atoms with van der Waals surface area (Å²) < 4.78 is 13.0.